The summed E-state index contributed by atoms with van der Waals surface area (Å²) in [4.78, 5) is 8.21. The van der Waals surface area contributed by atoms with E-state index < -0.39 is 0 Å². The number of nitrogens with one attached hydrogen (secondary N) is 2. The summed E-state index contributed by atoms with van der Waals surface area (Å²) in [6, 6.07) is 3.63. The van der Waals surface area contributed by atoms with Crippen LogP contribution < -0.4 is 21.3 Å². The van der Waals surface area contributed by atoms with Crippen molar-refractivity contribution in [3.63, 3.8) is 0 Å². The number of guanidine groups is 1. The van der Waals surface area contributed by atoms with E-state index in [1.807, 2.05) is 19.9 Å². The summed E-state index contributed by atoms with van der Waals surface area (Å²) in [7, 11) is 0. The van der Waals surface area contributed by atoms with Crippen LogP contribution in [0, 0.1) is 0 Å². The molecule has 0 unspecified atom stereocenters. The highest BCUT2D eigenvalue weighted by Gasteiger charge is 1.98. The van der Waals surface area contributed by atoms with E-state index in [9.17, 15) is 0 Å². The molecule has 0 fully saturated rings. The maximum absolute atomic E-state index is 5.30. The van der Waals surface area contributed by atoms with Crippen molar-refractivity contribution in [2.24, 2.45) is 10.8 Å². The minimum Gasteiger partial charge on any atom is -0.478 e. The molecule has 0 bridgehead atoms. The zero-order valence-electron chi connectivity index (χ0n) is 9.53. The van der Waals surface area contributed by atoms with Gasteiger partial charge in [0.05, 0.1) is 18.5 Å². The van der Waals surface area contributed by atoms with E-state index in [2.05, 4.69) is 20.7 Å². The third-order valence-electron chi connectivity index (χ3n) is 1.74. The number of aromatic nitrogens is 1. The molecule has 1 aromatic heterocycles. The van der Waals surface area contributed by atoms with Gasteiger partial charge in [-0.05, 0) is 19.9 Å². The summed E-state index contributed by atoms with van der Waals surface area (Å²) in [5.74, 6) is 6.40. The van der Waals surface area contributed by atoms with Crippen molar-refractivity contribution in [1.29, 1.82) is 0 Å². The summed E-state index contributed by atoms with van der Waals surface area (Å²) < 4.78 is 5.23. The molecule has 88 valence electrons. The van der Waals surface area contributed by atoms with E-state index in [0.717, 1.165) is 5.69 Å². The average Bonchev–Trinajstić information content (AvgIpc) is 2.31. The molecule has 1 heterocycles. The van der Waals surface area contributed by atoms with Crippen LogP contribution in [-0.4, -0.2) is 24.1 Å². The molecule has 0 saturated carbocycles. The third kappa shape index (κ3) is 3.74. The molecule has 0 aliphatic rings. The van der Waals surface area contributed by atoms with Gasteiger partial charge in [-0.1, -0.05) is 0 Å². The Morgan fingerprint density at radius 1 is 1.50 bits per heavy atom. The zero-order chi connectivity index (χ0) is 11.8. The maximum Gasteiger partial charge on any atom is 0.213 e. The molecule has 0 aliphatic heterocycles. The molecule has 6 heteroatoms. The Bertz CT molecular complexity index is 336. The van der Waals surface area contributed by atoms with Crippen molar-refractivity contribution >= 4 is 11.6 Å². The van der Waals surface area contributed by atoms with Gasteiger partial charge in [-0.3, -0.25) is 10.4 Å². The molecule has 1 rings (SSSR count). The van der Waals surface area contributed by atoms with E-state index in [-0.39, 0.29) is 0 Å². The molecule has 6 nitrogen and oxygen atoms in total. The Morgan fingerprint density at radius 3 is 2.81 bits per heavy atom. The highest BCUT2D eigenvalue weighted by Crippen LogP contribution is 2.11. The van der Waals surface area contributed by atoms with E-state index >= 15 is 0 Å². The van der Waals surface area contributed by atoms with Gasteiger partial charge in [0, 0.05) is 12.6 Å². The largest absolute Gasteiger partial charge is 0.478 e. The monoisotopic (exact) mass is 223 g/mol. The number of rotatable bonds is 4. The molecule has 1 aromatic rings. The fourth-order valence-electron chi connectivity index (χ4n) is 1.10. The van der Waals surface area contributed by atoms with Crippen molar-refractivity contribution in [2.75, 3.05) is 18.5 Å². The van der Waals surface area contributed by atoms with E-state index in [0.29, 0.717) is 25.0 Å². The lowest BCUT2D eigenvalue weighted by Gasteiger charge is -2.08. The number of hydrogen-bond donors (Lipinski definition) is 3. The number of hydrogen-bond acceptors (Lipinski definition) is 4. The minimum atomic E-state index is 0.508. The van der Waals surface area contributed by atoms with Gasteiger partial charge < -0.3 is 10.1 Å². The fourth-order valence-corrected chi connectivity index (χ4v) is 1.10. The normalized spacial score (nSPS) is 11.1. The average molecular weight is 223 g/mol. The van der Waals surface area contributed by atoms with E-state index in [1.54, 1.807) is 12.3 Å². The third-order valence-corrected chi connectivity index (χ3v) is 1.74. The zero-order valence-corrected chi connectivity index (χ0v) is 9.53. The molecule has 0 spiro atoms. The maximum atomic E-state index is 5.30. The lowest BCUT2D eigenvalue weighted by atomic mass is 10.4. The van der Waals surface area contributed by atoms with Gasteiger partial charge in [-0.15, -0.1) is 0 Å². The first-order chi connectivity index (χ1) is 7.80. The van der Waals surface area contributed by atoms with Crippen molar-refractivity contribution in [3.8, 4) is 5.88 Å². The minimum absolute atomic E-state index is 0.508. The Kier molecular flexibility index (Phi) is 5.07. The molecule has 0 radical (unpaired) electrons. The van der Waals surface area contributed by atoms with Crippen LogP contribution in [0.25, 0.3) is 0 Å². The molecule has 16 heavy (non-hydrogen) atoms. The second-order valence-electron chi connectivity index (χ2n) is 2.91. The van der Waals surface area contributed by atoms with Gasteiger partial charge in [-0.2, -0.15) is 0 Å². The number of nitrogens with two attached hydrogens (primary N) is 1. The topological polar surface area (TPSA) is 84.6 Å². The Hall–Kier alpha value is -1.82. The molecule has 4 N–H and O–H groups in total. The molecule has 0 aromatic carbocycles. The lowest BCUT2D eigenvalue weighted by molar-refractivity contribution is 0.327. The molecule has 0 saturated heterocycles. The molecule has 0 amide bonds. The highest BCUT2D eigenvalue weighted by molar-refractivity contribution is 5.92. The molecular formula is C10H17N5O. The number of ether oxygens (including phenoxy) is 1. The number of hydrazine groups is 1. The lowest BCUT2D eigenvalue weighted by Crippen LogP contribution is -2.36. The second kappa shape index (κ2) is 6.62. The van der Waals surface area contributed by atoms with E-state index in [1.165, 1.54) is 0 Å². The van der Waals surface area contributed by atoms with Crippen LogP contribution >= 0.6 is 0 Å². The Balaban J connectivity index is 2.63. The number of anilines is 1. The van der Waals surface area contributed by atoms with Crippen molar-refractivity contribution in [2.45, 2.75) is 13.8 Å². The summed E-state index contributed by atoms with van der Waals surface area (Å²) in [5, 5.41) is 2.99. The Morgan fingerprint density at radius 2 is 2.31 bits per heavy atom. The van der Waals surface area contributed by atoms with Gasteiger partial charge in [0.15, 0.2) is 0 Å². The first-order valence-electron chi connectivity index (χ1n) is 5.17. The van der Waals surface area contributed by atoms with E-state index in [4.69, 9.17) is 10.6 Å². The predicted molar refractivity (Wildman–Crippen MR) is 64.3 cm³/mol. The highest BCUT2D eigenvalue weighted by atomic mass is 16.5. The predicted octanol–water partition coefficient (Wildman–Crippen LogP) is 0.731. The van der Waals surface area contributed by atoms with Crippen molar-refractivity contribution < 1.29 is 4.74 Å². The van der Waals surface area contributed by atoms with Crippen molar-refractivity contribution in [1.82, 2.24) is 10.4 Å². The summed E-state index contributed by atoms with van der Waals surface area (Å²) in [6.45, 7) is 5.09. The van der Waals surface area contributed by atoms with Gasteiger partial charge in [0.25, 0.3) is 0 Å². The van der Waals surface area contributed by atoms with Gasteiger partial charge >= 0.3 is 0 Å². The van der Waals surface area contributed by atoms with Crippen LogP contribution in [0.2, 0.25) is 0 Å². The van der Waals surface area contributed by atoms with Crippen LogP contribution in [0.3, 0.4) is 0 Å². The van der Waals surface area contributed by atoms with Crippen LogP contribution in [-0.2, 0) is 0 Å². The van der Waals surface area contributed by atoms with Crippen LogP contribution in [0.5, 0.6) is 5.88 Å². The smallest absolute Gasteiger partial charge is 0.213 e. The number of aliphatic imine (C=N–C) groups is 1. The van der Waals surface area contributed by atoms with Crippen LogP contribution in [0.4, 0.5) is 5.69 Å². The Labute approximate surface area is 94.9 Å². The standard InChI is InChI=1S/C10H17N5O/c1-3-12-10(15-11)14-8-5-6-9(13-7-8)16-4-2/h5-7H,3-4,11H2,1-2H3,(H2,12,14,15). The molecule has 0 atom stereocenters. The summed E-state index contributed by atoms with van der Waals surface area (Å²) in [6.07, 6.45) is 1.66. The summed E-state index contributed by atoms with van der Waals surface area (Å²) >= 11 is 0. The number of pyridine rings is 1. The quantitative estimate of drug-likeness (QED) is 0.303. The van der Waals surface area contributed by atoms with Crippen molar-refractivity contribution in [3.05, 3.63) is 18.3 Å². The SMILES string of the molecule is CCN=C(NN)Nc1ccc(OCC)nc1. The molecular weight excluding hydrogens is 206 g/mol. The summed E-state index contributed by atoms with van der Waals surface area (Å²) in [5.41, 5.74) is 3.27. The van der Waals surface area contributed by atoms with Gasteiger partial charge in [0.1, 0.15) is 0 Å². The second-order valence-corrected chi connectivity index (χ2v) is 2.91. The van der Waals surface area contributed by atoms with Crippen LogP contribution in [0.15, 0.2) is 23.3 Å². The van der Waals surface area contributed by atoms with Gasteiger partial charge in [0.2, 0.25) is 11.8 Å². The molecule has 0 aliphatic carbocycles. The first-order valence-corrected chi connectivity index (χ1v) is 5.17. The number of nitrogens with zero attached hydrogens (tertiary/aromatic N) is 2. The van der Waals surface area contributed by atoms with Gasteiger partial charge in [-0.25, -0.2) is 10.8 Å². The fraction of sp³-hybridized carbons (Fsp3) is 0.400. The van der Waals surface area contributed by atoms with Crippen LogP contribution in [0.1, 0.15) is 13.8 Å². The first kappa shape index (κ1) is 12.3.